The third kappa shape index (κ3) is 7.04. The normalized spacial score (nSPS) is 18.3. The van der Waals surface area contributed by atoms with E-state index in [4.69, 9.17) is 4.99 Å². The van der Waals surface area contributed by atoms with E-state index in [-0.39, 0.29) is 0 Å². The molecule has 0 radical (unpaired) electrons. The molecule has 0 amide bonds. The number of aryl methyl sites for hydroxylation is 1. The van der Waals surface area contributed by atoms with E-state index in [1.807, 2.05) is 0 Å². The fraction of sp³-hybridized carbons (Fsp3) is 0.609. The van der Waals surface area contributed by atoms with Gasteiger partial charge in [0.2, 0.25) is 0 Å². The molecule has 8 heteroatoms. The van der Waals surface area contributed by atoms with Crippen molar-refractivity contribution < 1.29 is 0 Å². The first-order valence-electron chi connectivity index (χ1n) is 11.6. The maximum Gasteiger partial charge on any atom is 0.191 e. The lowest BCUT2D eigenvalue weighted by Crippen LogP contribution is -2.47. The van der Waals surface area contributed by atoms with Crippen LogP contribution in [-0.4, -0.2) is 83.4 Å². The second-order valence-electron chi connectivity index (χ2n) is 8.06. The summed E-state index contributed by atoms with van der Waals surface area (Å²) in [5.74, 6) is 1.90. The molecule has 0 aliphatic carbocycles. The lowest BCUT2D eigenvalue weighted by molar-refractivity contribution is 0.0894. The van der Waals surface area contributed by atoms with Gasteiger partial charge in [0, 0.05) is 64.8 Å². The molecule has 2 N–H and O–H groups in total. The van der Waals surface area contributed by atoms with Crippen molar-refractivity contribution in [3.63, 3.8) is 0 Å². The molecule has 1 atom stereocenters. The molecule has 1 saturated heterocycles. The van der Waals surface area contributed by atoms with Crippen LogP contribution in [0.1, 0.15) is 37.7 Å². The Labute approximate surface area is 186 Å². The van der Waals surface area contributed by atoms with Gasteiger partial charge in [0.25, 0.3) is 0 Å². The number of aromatic nitrogens is 3. The van der Waals surface area contributed by atoms with Crippen LogP contribution < -0.4 is 10.6 Å². The van der Waals surface area contributed by atoms with Crippen molar-refractivity contribution in [3.8, 4) is 0 Å². The first-order chi connectivity index (χ1) is 15.2. The van der Waals surface area contributed by atoms with Crippen molar-refractivity contribution in [2.75, 3.05) is 52.9 Å². The molecule has 1 fully saturated rings. The molecule has 2 heterocycles. The Bertz CT molecular complexity index is 788. The highest BCUT2D eigenvalue weighted by Crippen LogP contribution is 2.24. The molecule has 1 aliphatic heterocycles. The molecule has 31 heavy (non-hydrogen) atoms. The summed E-state index contributed by atoms with van der Waals surface area (Å²) in [6.07, 6.45) is 3.74. The monoisotopic (exact) mass is 426 g/mol. The Kier molecular flexibility index (Phi) is 9.30. The Balaban J connectivity index is 1.47. The quantitative estimate of drug-likeness (QED) is 0.343. The number of nitrogens with zero attached hydrogens (tertiary/aromatic N) is 6. The van der Waals surface area contributed by atoms with Gasteiger partial charge in [0.05, 0.1) is 0 Å². The van der Waals surface area contributed by atoms with Gasteiger partial charge in [0.1, 0.15) is 12.2 Å². The van der Waals surface area contributed by atoms with Crippen molar-refractivity contribution >= 4 is 5.96 Å². The van der Waals surface area contributed by atoms with Crippen molar-refractivity contribution in [2.24, 2.45) is 4.99 Å². The lowest BCUT2D eigenvalue weighted by atomic mass is 10.0. The number of likely N-dealkylation sites (N-methyl/N-ethyl adjacent to an activating group) is 1. The van der Waals surface area contributed by atoms with Crippen molar-refractivity contribution in [1.29, 1.82) is 0 Å². The molecule has 0 saturated carbocycles. The highest BCUT2D eigenvalue weighted by molar-refractivity contribution is 5.79. The summed E-state index contributed by atoms with van der Waals surface area (Å²) >= 11 is 0. The van der Waals surface area contributed by atoms with Gasteiger partial charge in [-0.15, -0.1) is 10.2 Å². The number of nitrogens with one attached hydrogen (secondary N) is 2. The van der Waals surface area contributed by atoms with Gasteiger partial charge in [-0.05, 0) is 26.0 Å². The Morgan fingerprint density at radius 1 is 1.13 bits per heavy atom. The predicted octanol–water partition coefficient (Wildman–Crippen LogP) is 1.77. The number of hydrogen-bond donors (Lipinski definition) is 2. The molecule has 1 aromatic carbocycles. The zero-order valence-corrected chi connectivity index (χ0v) is 19.3. The van der Waals surface area contributed by atoms with E-state index in [0.29, 0.717) is 6.04 Å². The summed E-state index contributed by atoms with van der Waals surface area (Å²) in [5.41, 5.74) is 1.41. The molecule has 0 bridgehead atoms. The third-order valence-corrected chi connectivity index (χ3v) is 5.75. The average molecular weight is 427 g/mol. The van der Waals surface area contributed by atoms with Crippen LogP contribution in [0, 0.1) is 0 Å². The third-order valence-electron chi connectivity index (χ3n) is 5.75. The standard InChI is InChI=1S/C23H38N8/c1-4-22-28-27-19-31(22)15-13-26-23(24-5-2)25-12-9-14-30-17-16-29(3)18-21(30)20-10-7-6-8-11-20/h6-8,10-11,19,21H,4-5,9,12-18H2,1-3H3,(H2,24,25,26). The highest BCUT2D eigenvalue weighted by atomic mass is 15.3. The molecule has 3 rings (SSSR count). The highest BCUT2D eigenvalue weighted by Gasteiger charge is 2.25. The molecule has 170 valence electrons. The summed E-state index contributed by atoms with van der Waals surface area (Å²) in [4.78, 5) is 9.83. The largest absolute Gasteiger partial charge is 0.357 e. The summed E-state index contributed by atoms with van der Waals surface area (Å²) < 4.78 is 2.09. The molecule has 1 unspecified atom stereocenters. The molecule has 8 nitrogen and oxygen atoms in total. The minimum atomic E-state index is 0.465. The Morgan fingerprint density at radius 2 is 1.97 bits per heavy atom. The smallest absolute Gasteiger partial charge is 0.191 e. The molecule has 1 aliphatic rings. The predicted molar refractivity (Wildman–Crippen MR) is 126 cm³/mol. The van der Waals surface area contributed by atoms with E-state index in [1.165, 1.54) is 5.56 Å². The van der Waals surface area contributed by atoms with Crippen LogP contribution >= 0.6 is 0 Å². The second-order valence-corrected chi connectivity index (χ2v) is 8.06. The van der Waals surface area contributed by atoms with Gasteiger partial charge in [-0.2, -0.15) is 0 Å². The molecule has 1 aromatic heterocycles. The Morgan fingerprint density at radius 3 is 2.74 bits per heavy atom. The lowest BCUT2D eigenvalue weighted by Gasteiger charge is -2.40. The number of hydrogen-bond acceptors (Lipinski definition) is 5. The number of benzene rings is 1. The minimum Gasteiger partial charge on any atom is -0.357 e. The summed E-state index contributed by atoms with van der Waals surface area (Å²) in [5, 5.41) is 14.9. The van der Waals surface area contributed by atoms with Gasteiger partial charge in [-0.25, -0.2) is 0 Å². The molecule has 0 spiro atoms. The van der Waals surface area contributed by atoms with Crippen LogP contribution in [0.5, 0.6) is 0 Å². The van der Waals surface area contributed by atoms with Gasteiger partial charge < -0.3 is 20.1 Å². The van der Waals surface area contributed by atoms with Gasteiger partial charge in [-0.3, -0.25) is 9.89 Å². The number of aliphatic imine (C=N–C) groups is 1. The van der Waals surface area contributed by atoms with E-state index in [1.54, 1.807) is 6.33 Å². The van der Waals surface area contributed by atoms with Crippen molar-refractivity contribution in [1.82, 2.24) is 35.2 Å². The van der Waals surface area contributed by atoms with Crippen LogP contribution in [0.4, 0.5) is 0 Å². The van der Waals surface area contributed by atoms with Crippen LogP contribution in [-0.2, 0) is 13.0 Å². The number of guanidine groups is 1. The topological polar surface area (TPSA) is 73.6 Å². The van der Waals surface area contributed by atoms with Crippen LogP contribution in [0.25, 0.3) is 0 Å². The number of piperazine rings is 1. The van der Waals surface area contributed by atoms with E-state index >= 15 is 0 Å². The molecule has 2 aromatic rings. The van der Waals surface area contributed by atoms with Crippen LogP contribution in [0.2, 0.25) is 0 Å². The minimum absolute atomic E-state index is 0.465. The first-order valence-corrected chi connectivity index (χ1v) is 11.6. The summed E-state index contributed by atoms with van der Waals surface area (Å²) in [6.45, 7) is 11.9. The zero-order chi connectivity index (χ0) is 21.9. The van der Waals surface area contributed by atoms with Gasteiger partial charge in [-0.1, -0.05) is 37.3 Å². The van der Waals surface area contributed by atoms with Crippen LogP contribution in [0.15, 0.2) is 41.7 Å². The SMILES string of the molecule is CCNC(=NCCCN1CCN(C)CC1c1ccccc1)NCCn1cnnc1CC. The Hall–Kier alpha value is -2.45. The van der Waals surface area contributed by atoms with E-state index in [9.17, 15) is 0 Å². The van der Waals surface area contributed by atoms with Crippen molar-refractivity contribution in [3.05, 3.63) is 48.0 Å². The maximum absolute atomic E-state index is 4.79. The summed E-state index contributed by atoms with van der Waals surface area (Å²) in [7, 11) is 2.22. The molecular weight excluding hydrogens is 388 g/mol. The van der Waals surface area contributed by atoms with Gasteiger partial charge in [0.15, 0.2) is 5.96 Å². The van der Waals surface area contributed by atoms with E-state index in [0.717, 1.165) is 77.0 Å². The maximum atomic E-state index is 4.79. The molecular formula is C23H38N8. The zero-order valence-electron chi connectivity index (χ0n) is 19.3. The second kappa shape index (κ2) is 12.4. The fourth-order valence-electron chi connectivity index (χ4n) is 4.06. The fourth-order valence-corrected chi connectivity index (χ4v) is 4.06. The van der Waals surface area contributed by atoms with Gasteiger partial charge >= 0.3 is 0 Å². The van der Waals surface area contributed by atoms with Crippen LogP contribution in [0.3, 0.4) is 0 Å². The first kappa shape index (κ1) is 23.2. The summed E-state index contributed by atoms with van der Waals surface area (Å²) in [6, 6.07) is 11.3. The average Bonchev–Trinajstić information content (AvgIpc) is 3.25. The van der Waals surface area contributed by atoms with E-state index < -0.39 is 0 Å². The number of rotatable bonds is 10. The van der Waals surface area contributed by atoms with Crippen molar-refractivity contribution in [2.45, 2.75) is 39.3 Å². The van der Waals surface area contributed by atoms with E-state index in [2.05, 4.69) is 86.4 Å².